The maximum Gasteiger partial charge on any atom is 0.328 e. The number of hydrogen-bond acceptors (Lipinski definition) is 7. The highest BCUT2D eigenvalue weighted by atomic mass is 16.5. The minimum absolute atomic E-state index is 0.150. The van der Waals surface area contributed by atoms with Crippen LogP contribution in [0.5, 0.6) is 0 Å². The minimum atomic E-state index is -1.12. The Bertz CT molecular complexity index is 594. The highest BCUT2D eigenvalue weighted by molar-refractivity contribution is 5.87. The Kier molecular flexibility index (Phi) is 6.28. The Balaban J connectivity index is 1.92. The van der Waals surface area contributed by atoms with Crippen LogP contribution >= 0.6 is 0 Å². The van der Waals surface area contributed by atoms with Crippen molar-refractivity contribution in [3.63, 3.8) is 0 Å². The van der Waals surface area contributed by atoms with Gasteiger partial charge in [-0.2, -0.15) is 0 Å². The molecule has 0 saturated heterocycles. The molecule has 5 radical (unpaired) electrons. The molecule has 2 rings (SSSR count). The summed E-state index contributed by atoms with van der Waals surface area (Å²) in [7, 11) is 2.36. The van der Waals surface area contributed by atoms with Crippen LogP contribution in [0.4, 0.5) is 0 Å². The number of methoxy groups -OCH3 is 2. The molecule has 1 fully saturated rings. The van der Waals surface area contributed by atoms with Gasteiger partial charge in [0.2, 0.25) is 5.91 Å². The van der Waals surface area contributed by atoms with Crippen LogP contribution in [0.1, 0.15) is 12.1 Å². The summed E-state index contributed by atoms with van der Waals surface area (Å²) in [5.74, 6) is -0.984. The van der Waals surface area contributed by atoms with Gasteiger partial charge in [0.1, 0.15) is 12.6 Å². The van der Waals surface area contributed by atoms with Crippen LogP contribution in [0.2, 0.25) is 0 Å². The van der Waals surface area contributed by atoms with Crippen LogP contribution in [-0.4, -0.2) is 53.1 Å². The number of nitrogens with zero attached hydrogens (tertiary/aromatic N) is 3. The van der Waals surface area contributed by atoms with Gasteiger partial charge >= 0.3 is 11.9 Å². The lowest BCUT2D eigenvalue weighted by Crippen LogP contribution is -2.44. The van der Waals surface area contributed by atoms with Gasteiger partial charge in [-0.05, 0) is 25.7 Å². The number of rotatable bonds is 7. The summed E-state index contributed by atoms with van der Waals surface area (Å²) < 4.78 is 10.4. The third kappa shape index (κ3) is 4.77. The van der Waals surface area contributed by atoms with Crippen molar-refractivity contribution in [1.82, 2.24) is 20.3 Å². The predicted octanol–water partition coefficient (Wildman–Crippen LogP) is -0.748. The molecule has 1 aliphatic carbocycles. The Morgan fingerprint density at radius 2 is 1.92 bits per heavy atom. The van der Waals surface area contributed by atoms with Crippen LogP contribution in [0.25, 0.3) is 0 Å². The van der Waals surface area contributed by atoms with E-state index in [1.165, 1.54) is 18.9 Å². The maximum atomic E-state index is 12.0. The predicted molar refractivity (Wildman–Crippen MR) is 80.1 cm³/mol. The number of esters is 2. The van der Waals surface area contributed by atoms with Crippen molar-refractivity contribution in [2.45, 2.75) is 19.0 Å². The number of hydrogen-bond donors (Lipinski definition) is 1. The van der Waals surface area contributed by atoms with E-state index in [1.54, 1.807) is 6.20 Å². The molecule has 1 heterocycles. The van der Waals surface area contributed by atoms with Crippen molar-refractivity contribution in [2.75, 3.05) is 14.2 Å². The minimum Gasteiger partial charge on any atom is -0.469 e. The highest BCUT2D eigenvalue weighted by Crippen LogP contribution is 2.28. The van der Waals surface area contributed by atoms with E-state index in [4.69, 9.17) is 0 Å². The van der Waals surface area contributed by atoms with Crippen LogP contribution in [0.3, 0.4) is 0 Å². The standard InChI is InChI=1S/C15H17N4O5/c1-23-14(21)7-11(15(22)24-2)16-13(20)9-19-8-12(17-18-19)10-5-3-4-6-10/h3-6,8,11H,7,9H2,1-2H3,(H,16,20)/t11-/m0/s1. The fourth-order valence-electron chi connectivity index (χ4n) is 2.03. The topological polar surface area (TPSA) is 112 Å². The smallest absolute Gasteiger partial charge is 0.328 e. The average molecular weight is 333 g/mol. The molecule has 1 atom stereocenters. The van der Waals surface area contributed by atoms with E-state index in [9.17, 15) is 14.4 Å². The van der Waals surface area contributed by atoms with Crippen LogP contribution in [0.15, 0.2) is 6.20 Å². The summed E-state index contributed by atoms with van der Waals surface area (Å²) in [5.41, 5.74) is 0.631. The first-order valence-corrected chi connectivity index (χ1v) is 7.09. The molecular weight excluding hydrogens is 316 g/mol. The number of ether oxygens (including phenoxy) is 2. The SMILES string of the molecule is COC(=O)C[C@H](NC(=O)Cn1cc([C]2[CH][CH][CH][CH]2)nn1)C(=O)OC. The van der Waals surface area contributed by atoms with Gasteiger partial charge in [-0.3, -0.25) is 9.59 Å². The zero-order chi connectivity index (χ0) is 17.5. The molecule has 0 unspecified atom stereocenters. The van der Waals surface area contributed by atoms with Gasteiger partial charge in [-0.25, -0.2) is 9.48 Å². The monoisotopic (exact) mass is 333 g/mol. The molecule has 0 aromatic carbocycles. The summed E-state index contributed by atoms with van der Waals surface area (Å²) in [6, 6.07) is -1.12. The summed E-state index contributed by atoms with van der Waals surface area (Å²) >= 11 is 0. The van der Waals surface area contributed by atoms with Crippen molar-refractivity contribution in [3.05, 3.63) is 43.5 Å². The first-order chi connectivity index (χ1) is 11.5. The van der Waals surface area contributed by atoms with Gasteiger partial charge in [0.25, 0.3) is 0 Å². The lowest BCUT2D eigenvalue weighted by atomic mass is 10.1. The van der Waals surface area contributed by atoms with Crippen molar-refractivity contribution in [2.24, 2.45) is 0 Å². The average Bonchev–Trinajstić information content (AvgIpc) is 3.24. The Morgan fingerprint density at radius 1 is 1.21 bits per heavy atom. The van der Waals surface area contributed by atoms with Crippen LogP contribution < -0.4 is 5.32 Å². The number of aromatic nitrogens is 3. The summed E-state index contributed by atoms with van der Waals surface area (Å²) in [6.07, 6.45) is 8.78. The lowest BCUT2D eigenvalue weighted by molar-refractivity contribution is -0.150. The summed E-state index contributed by atoms with van der Waals surface area (Å²) in [5, 5.41) is 10.3. The number of carbonyl (C=O) groups is 3. The van der Waals surface area contributed by atoms with E-state index in [0.29, 0.717) is 5.69 Å². The van der Waals surface area contributed by atoms with E-state index >= 15 is 0 Å². The molecular formula is C15H17N4O5. The second kappa shape index (κ2) is 8.42. The molecule has 1 N–H and O–H groups in total. The van der Waals surface area contributed by atoms with Gasteiger partial charge < -0.3 is 14.8 Å². The maximum absolute atomic E-state index is 12.0. The largest absolute Gasteiger partial charge is 0.469 e. The van der Waals surface area contributed by atoms with Crippen molar-refractivity contribution in [1.29, 1.82) is 0 Å². The fourth-order valence-corrected chi connectivity index (χ4v) is 2.03. The first-order valence-electron chi connectivity index (χ1n) is 7.09. The van der Waals surface area contributed by atoms with Crippen molar-refractivity contribution < 1.29 is 23.9 Å². The molecule has 127 valence electrons. The zero-order valence-corrected chi connectivity index (χ0v) is 13.3. The quantitative estimate of drug-likeness (QED) is 0.653. The molecule has 1 aromatic rings. The van der Waals surface area contributed by atoms with E-state index in [2.05, 4.69) is 25.1 Å². The molecule has 1 saturated carbocycles. The van der Waals surface area contributed by atoms with Crippen LogP contribution in [0, 0.1) is 31.6 Å². The van der Waals surface area contributed by atoms with Gasteiger partial charge in [-0.1, -0.05) is 5.21 Å². The van der Waals surface area contributed by atoms with Gasteiger partial charge in [0.05, 0.1) is 26.3 Å². The number of nitrogens with one attached hydrogen (secondary N) is 1. The third-order valence-electron chi connectivity index (χ3n) is 3.22. The molecule has 1 aromatic heterocycles. The molecule has 9 nitrogen and oxygen atoms in total. The molecule has 9 heteroatoms. The van der Waals surface area contributed by atoms with Gasteiger partial charge in [0, 0.05) is 12.1 Å². The molecule has 0 bridgehead atoms. The lowest BCUT2D eigenvalue weighted by Gasteiger charge is -2.15. The Hall–Kier alpha value is -2.45. The molecule has 0 aliphatic heterocycles. The normalized spacial score (nSPS) is 15.8. The van der Waals surface area contributed by atoms with Crippen molar-refractivity contribution in [3.8, 4) is 0 Å². The second-order valence-corrected chi connectivity index (χ2v) is 4.90. The molecule has 24 heavy (non-hydrogen) atoms. The number of carbonyl (C=O) groups excluding carboxylic acids is 3. The molecule has 1 aliphatic rings. The second-order valence-electron chi connectivity index (χ2n) is 4.90. The van der Waals surface area contributed by atoms with E-state index in [-0.39, 0.29) is 13.0 Å². The first kappa shape index (κ1) is 17.9. The van der Waals surface area contributed by atoms with Crippen LogP contribution in [-0.2, 0) is 30.4 Å². The van der Waals surface area contributed by atoms with E-state index in [1.807, 2.05) is 25.7 Å². The van der Waals surface area contributed by atoms with E-state index in [0.717, 1.165) is 5.92 Å². The van der Waals surface area contributed by atoms with Gasteiger partial charge in [-0.15, -0.1) is 5.10 Å². The molecule has 1 amide bonds. The summed E-state index contributed by atoms with van der Waals surface area (Å²) in [6.45, 7) is -0.150. The Labute approximate surface area is 139 Å². The Morgan fingerprint density at radius 3 is 2.54 bits per heavy atom. The summed E-state index contributed by atoms with van der Waals surface area (Å²) in [4.78, 5) is 35.0. The fraction of sp³-hybridized carbons (Fsp3) is 0.333. The van der Waals surface area contributed by atoms with E-state index < -0.39 is 23.9 Å². The third-order valence-corrected chi connectivity index (χ3v) is 3.22. The zero-order valence-electron chi connectivity index (χ0n) is 13.3. The van der Waals surface area contributed by atoms with Gasteiger partial charge in [0.15, 0.2) is 0 Å². The highest BCUT2D eigenvalue weighted by Gasteiger charge is 2.26. The van der Waals surface area contributed by atoms with Crippen molar-refractivity contribution >= 4 is 17.8 Å². The molecule has 0 spiro atoms. The number of amides is 1.